The van der Waals surface area contributed by atoms with Crippen molar-refractivity contribution in [3.05, 3.63) is 38.9 Å². The van der Waals surface area contributed by atoms with Crippen molar-refractivity contribution in [3.63, 3.8) is 0 Å². The van der Waals surface area contributed by atoms with Crippen LogP contribution in [0.2, 0.25) is 0 Å². The lowest BCUT2D eigenvalue weighted by molar-refractivity contribution is -0.383. The molecule has 0 bridgehead atoms. The average Bonchev–Trinajstić information content (AvgIpc) is 2.59. The van der Waals surface area contributed by atoms with Gasteiger partial charge in [-0.05, 0) is 24.8 Å². The number of nitro benzene ring substituents is 1. The molecule has 1 aromatic heterocycles. The summed E-state index contributed by atoms with van der Waals surface area (Å²) in [6.07, 6.45) is 6.27. The third kappa shape index (κ3) is 3.96. The summed E-state index contributed by atoms with van der Waals surface area (Å²) in [4.78, 5) is 29.1. The first-order valence-corrected chi connectivity index (χ1v) is 8.57. The highest BCUT2D eigenvalue weighted by Crippen LogP contribution is 2.28. The number of hydrogen-bond donors (Lipinski definition) is 2. The van der Waals surface area contributed by atoms with Crippen LogP contribution >= 0.6 is 0 Å². The maximum Gasteiger partial charge on any atom is 0.293 e. The van der Waals surface area contributed by atoms with E-state index in [9.17, 15) is 14.9 Å². The molecule has 0 aliphatic heterocycles. The summed E-state index contributed by atoms with van der Waals surface area (Å²) in [7, 11) is 0. The fourth-order valence-electron chi connectivity index (χ4n) is 3.32. The molecule has 134 valence electrons. The van der Waals surface area contributed by atoms with E-state index in [2.05, 4.69) is 22.2 Å². The Morgan fingerprint density at radius 2 is 2.20 bits per heavy atom. The van der Waals surface area contributed by atoms with E-state index in [0.717, 1.165) is 6.42 Å². The van der Waals surface area contributed by atoms with Crippen LogP contribution in [0.15, 0.2) is 23.3 Å². The molecular weight excluding hydrogens is 324 g/mol. The quantitative estimate of drug-likeness (QED) is 0.473. The van der Waals surface area contributed by atoms with Gasteiger partial charge in [-0.2, -0.15) is 0 Å². The molecule has 8 heteroatoms. The number of aromatic nitrogens is 2. The normalized spacial score (nSPS) is 20.5. The predicted octanol–water partition coefficient (Wildman–Crippen LogP) is 2.84. The van der Waals surface area contributed by atoms with Crippen LogP contribution in [0.5, 0.6) is 0 Å². The fourth-order valence-corrected chi connectivity index (χ4v) is 3.32. The van der Waals surface area contributed by atoms with E-state index in [4.69, 9.17) is 4.74 Å². The van der Waals surface area contributed by atoms with Gasteiger partial charge < -0.3 is 15.0 Å². The molecule has 3 rings (SSSR count). The van der Waals surface area contributed by atoms with Gasteiger partial charge in [0.05, 0.1) is 34.9 Å². The maximum absolute atomic E-state index is 11.8. The minimum absolute atomic E-state index is 0.142. The van der Waals surface area contributed by atoms with E-state index in [1.165, 1.54) is 37.7 Å². The number of anilines is 1. The molecule has 2 aromatic rings. The molecule has 1 aromatic carbocycles. The second-order valence-corrected chi connectivity index (χ2v) is 6.47. The molecule has 1 saturated carbocycles. The molecule has 1 aliphatic rings. The van der Waals surface area contributed by atoms with Crippen molar-refractivity contribution in [2.75, 3.05) is 18.5 Å². The number of benzene rings is 1. The number of rotatable bonds is 6. The van der Waals surface area contributed by atoms with Gasteiger partial charge in [-0.25, -0.2) is 4.98 Å². The summed E-state index contributed by atoms with van der Waals surface area (Å²) in [5, 5.41) is 14.5. The highest BCUT2D eigenvalue weighted by molar-refractivity contribution is 5.86. The maximum atomic E-state index is 11.8. The van der Waals surface area contributed by atoms with Gasteiger partial charge in [-0.3, -0.25) is 14.9 Å². The number of nitrogens with one attached hydrogen (secondary N) is 2. The first-order valence-electron chi connectivity index (χ1n) is 8.57. The Labute approximate surface area is 144 Å². The Kier molecular flexibility index (Phi) is 5.28. The van der Waals surface area contributed by atoms with Crippen LogP contribution in [0.4, 0.5) is 11.4 Å². The largest absolute Gasteiger partial charge is 0.377 e. The van der Waals surface area contributed by atoms with Gasteiger partial charge in [0.25, 0.3) is 11.2 Å². The molecule has 1 aliphatic carbocycles. The molecular formula is C17H22N4O4. The highest BCUT2D eigenvalue weighted by atomic mass is 16.6. The van der Waals surface area contributed by atoms with Crippen molar-refractivity contribution < 1.29 is 9.66 Å². The van der Waals surface area contributed by atoms with Crippen LogP contribution in [-0.2, 0) is 4.74 Å². The smallest absolute Gasteiger partial charge is 0.293 e. The van der Waals surface area contributed by atoms with Crippen LogP contribution < -0.4 is 10.9 Å². The Morgan fingerprint density at radius 3 is 2.96 bits per heavy atom. The summed E-state index contributed by atoms with van der Waals surface area (Å²) in [5.41, 5.74) is 0.223. The summed E-state index contributed by atoms with van der Waals surface area (Å²) in [6, 6.07) is 2.79. The number of aromatic amines is 1. The molecule has 0 radical (unpaired) electrons. The SMILES string of the molecule is CC1CCCCC1OCCNc1cc2nc[nH]c(=O)c2cc1[N+](=O)[O-]. The summed E-state index contributed by atoms with van der Waals surface area (Å²) in [6.45, 7) is 3.14. The van der Waals surface area contributed by atoms with Gasteiger partial charge in [0, 0.05) is 12.6 Å². The Bertz CT molecular complexity index is 820. The molecule has 0 saturated heterocycles. The monoisotopic (exact) mass is 346 g/mol. The van der Waals surface area contributed by atoms with Crippen molar-refractivity contribution in [3.8, 4) is 0 Å². The van der Waals surface area contributed by atoms with Gasteiger partial charge in [0.15, 0.2) is 0 Å². The van der Waals surface area contributed by atoms with E-state index in [1.54, 1.807) is 0 Å². The third-order valence-corrected chi connectivity index (χ3v) is 4.74. The topological polar surface area (TPSA) is 110 Å². The number of nitro groups is 1. The molecule has 2 atom stereocenters. The minimum Gasteiger partial charge on any atom is -0.377 e. The molecule has 0 amide bonds. The van der Waals surface area contributed by atoms with Crippen molar-refractivity contribution in [1.82, 2.24) is 9.97 Å². The van der Waals surface area contributed by atoms with Crippen molar-refractivity contribution in [2.24, 2.45) is 5.92 Å². The molecule has 8 nitrogen and oxygen atoms in total. The van der Waals surface area contributed by atoms with E-state index in [-0.39, 0.29) is 17.2 Å². The van der Waals surface area contributed by atoms with E-state index >= 15 is 0 Å². The van der Waals surface area contributed by atoms with Gasteiger partial charge in [-0.15, -0.1) is 0 Å². The molecule has 2 unspecified atom stereocenters. The lowest BCUT2D eigenvalue weighted by Gasteiger charge is -2.28. The van der Waals surface area contributed by atoms with Gasteiger partial charge in [0.2, 0.25) is 0 Å². The zero-order valence-electron chi connectivity index (χ0n) is 14.2. The third-order valence-electron chi connectivity index (χ3n) is 4.74. The molecule has 1 heterocycles. The molecule has 0 spiro atoms. The van der Waals surface area contributed by atoms with Crippen molar-refractivity contribution >= 4 is 22.3 Å². The Hall–Kier alpha value is -2.48. The molecule has 25 heavy (non-hydrogen) atoms. The predicted molar refractivity (Wildman–Crippen MR) is 94.9 cm³/mol. The van der Waals surface area contributed by atoms with Crippen LogP contribution in [-0.4, -0.2) is 34.1 Å². The summed E-state index contributed by atoms with van der Waals surface area (Å²) < 4.78 is 5.92. The zero-order valence-corrected chi connectivity index (χ0v) is 14.2. The lowest BCUT2D eigenvalue weighted by Crippen LogP contribution is -2.27. The number of nitrogens with zero attached hydrogens (tertiary/aromatic N) is 2. The number of hydrogen-bond acceptors (Lipinski definition) is 6. The first kappa shape index (κ1) is 17.3. The average molecular weight is 346 g/mol. The Morgan fingerprint density at radius 1 is 1.40 bits per heavy atom. The molecule has 2 N–H and O–H groups in total. The fraction of sp³-hybridized carbons (Fsp3) is 0.529. The van der Waals surface area contributed by atoms with E-state index < -0.39 is 10.5 Å². The number of ether oxygens (including phenoxy) is 1. The second kappa shape index (κ2) is 7.60. The van der Waals surface area contributed by atoms with Gasteiger partial charge in [0.1, 0.15) is 5.69 Å². The van der Waals surface area contributed by atoms with Crippen LogP contribution in [0.1, 0.15) is 32.6 Å². The van der Waals surface area contributed by atoms with Gasteiger partial charge in [-0.1, -0.05) is 19.8 Å². The summed E-state index contributed by atoms with van der Waals surface area (Å²) in [5.74, 6) is 0.555. The van der Waals surface area contributed by atoms with Crippen LogP contribution in [0, 0.1) is 16.0 Å². The lowest BCUT2D eigenvalue weighted by atomic mass is 9.88. The number of H-pyrrole nitrogens is 1. The van der Waals surface area contributed by atoms with Crippen LogP contribution in [0.25, 0.3) is 10.9 Å². The van der Waals surface area contributed by atoms with Crippen LogP contribution in [0.3, 0.4) is 0 Å². The van der Waals surface area contributed by atoms with Crippen molar-refractivity contribution in [1.29, 1.82) is 0 Å². The first-order chi connectivity index (χ1) is 12.1. The Balaban J connectivity index is 1.69. The highest BCUT2D eigenvalue weighted by Gasteiger charge is 2.22. The zero-order chi connectivity index (χ0) is 17.8. The number of fused-ring (bicyclic) bond motifs is 1. The standard InChI is InChI=1S/C17H22N4O4/c1-11-4-2-3-5-16(11)25-7-6-18-14-9-13-12(8-15(14)21(23)24)17(22)20-10-19-13/h8-11,16,18H,2-7H2,1H3,(H,19,20,22). The molecule has 1 fully saturated rings. The van der Waals surface area contributed by atoms with Crippen molar-refractivity contribution in [2.45, 2.75) is 38.7 Å². The van der Waals surface area contributed by atoms with E-state index in [0.29, 0.717) is 30.3 Å². The summed E-state index contributed by atoms with van der Waals surface area (Å²) >= 11 is 0. The van der Waals surface area contributed by atoms with Gasteiger partial charge >= 0.3 is 0 Å². The second-order valence-electron chi connectivity index (χ2n) is 6.47. The minimum atomic E-state index is -0.502. The van der Waals surface area contributed by atoms with E-state index in [1.807, 2.05) is 0 Å².